The fraction of sp³-hybridized carbons (Fsp3) is 0.471. The standard InChI is InChI=1S/C17H25N3O/c1-14(13-18)7-8-17(21)19-10-4-11-20-12-9-15-5-2-3-6-16(15)20/h2-3,5-6,9,12,14H,4,7-8,10-11,13,18H2,1H3,(H,19,21). The van der Waals surface area contributed by atoms with Crippen LogP contribution in [-0.2, 0) is 11.3 Å². The van der Waals surface area contributed by atoms with E-state index in [9.17, 15) is 4.79 Å². The van der Waals surface area contributed by atoms with E-state index in [-0.39, 0.29) is 5.91 Å². The van der Waals surface area contributed by atoms with Crippen molar-refractivity contribution in [2.24, 2.45) is 11.7 Å². The number of aromatic nitrogens is 1. The van der Waals surface area contributed by atoms with Crippen molar-refractivity contribution in [1.29, 1.82) is 0 Å². The van der Waals surface area contributed by atoms with Crippen LogP contribution in [0.2, 0.25) is 0 Å². The van der Waals surface area contributed by atoms with Crippen molar-refractivity contribution in [3.63, 3.8) is 0 Å². The zero-order valence-corrected chi connectivity index (χ0v) is 12.7. The van der Waals surface area contributed by atoms with Crippen molar-refractivity contribution >= 4 is 16.8 Å². The Kier molecular flexibility index (Phi) is 5.81. The van der Waals surface area contributed by atoms with Crippen molar-refractivity contribution in [2.45, 2.75) is 32.7 Å². The average molecular weight is 287 g/mol. The zero-order chi connectivity index (χ0) is 15.1. The Morgan fingerprint density at radius 2 is 2.14 bits per heavy atom. The van der Waals surface area contributed by atoms with Crippen LogP contribution in [0.4, 0.5) is 0 Å². The summed E-state index contributed by atoms with van der Waals surface area (Å²) in [5.41, 5.74) is 6.80. The number of hydrogen-bond acceptors (Lipinski definition) is 2. The summed E-state index contributed by atoms with van der Waals surface area (Å²) in [7, 11) is 0. The fourth-order valence-electron chi connectivity index (χ4n) is 2.40. The Morgan fingerprint density at radius 3 is 2.95 bits per heavy atom. The lowest BCUT2D eigenvalue weighted by Gasteiger charge is -2.09. The molecule has 4 heteroatoms. The number of amides is 1. The first-order valence-electron chi connectivity index (χ1n) is 7.71. The van der Waals surface area contributed by atoms with Gasteiger partial charge >= 0.3 is 0 Å². The second-order valence-electron chi connectivity index (χ2n) is 5.65. The van der Waals surface area contributed by atoms with Crippen LogP contribution in [0.25, 0.3) is 10.9 Å². The van der Waals surface area contributed by atoms with Crippen molar-refractivity contribution in [1.82, 2.24) is 9.88 Å². The maximum atomic E-state index is 11.7. The molecule has 21 heavy (non-hydrogen) atoms. The first kappa shape index (κ1) is 15.6. The lowest BCUT2D eigenvalue weighted by molar-refractivity contribution is -0.121. The molecular weight excluding hydrogens is 262 g/mol. The van der Waals surface area contributed by atoms with E-state index in [1.165, 1.54) is 10.9 Å². The fourth-order valence-corrected chi connectivity index (χ4v) is 2.40. The molecule has 1 heterocycles. The minimum absolute atomic E-state index is 0.132. The zero-order valence-electron chi connectivity index (χ0n) is 12.7. The van der Waals surface area contributed by atoms with Gasteiger partial charge in [-0.15, -0.1) is 0 Å². The summed E-state index contributed by atoms with van der Waals surface area (Å²) in [4.78, 5) is 11.7. The quantitative estimate of drug-likeness (QED) is 0.733. The van der Waals surface area contributed by atoms with Gasteiger partial charge in [-0.3, -0.25) is 4.79 Å². The van der Waals surface area contributed by atoms with Gasteiger partial charge in [-0.2, -0.15) is 0 Å². The van der Waals surface area contributed by atoms with Crippen LogP contribution in [-0.4, -0.2) is 23.6 Å². The predicted molar refractivity (Wildman–Crippen MR) is 87.0 cm³/mol. The average Bonchev–Trinajstić information content (AvgIpc) is 2.92. The summed E-state index contributed by atoms with van der Waals surface area (Å²) in [5, 5.41) is 4.24. The molecule has 2 rings (SSSR count). The number of nitrogens with one attached hydrogen (secondary N) is 1. The highest BCUT2D eigenvalue weighted by Crippen LogP contribution is 2.15. The molecule has 3 N–H and O–H groups in total. The first-order valence-corrected chi connectivity index (χ1v) is 7.71. The molecule has 1 amide bonds. The second-order valence-corrected chi connectivity index (χ2v) is 5.65. The van der Waals surface area contributed by atoms with E-state index in [1.54, 1.807) is 0 Å². The van der Waals surface area contributed by atoms with Gasteiger partial charge in [-0.05, 0) is 42.8 Å². The normalized spacial score (nSPS) is 12.5. The molecule has 2 aromatic rings. The molecule has 0 spiro atoms. The third-order valence-electron chi connectivity index (χ3n) is 3.84. The summed E-state index contributed by atoms with van der Waals surface area (Å²) in [6, 6.07) is 10.5. The minimum Gasteiger partial charge on any atom is -0.356 e. The first-order chi connectivity index (χ1) is 10.2. The van der Waals surface area contributed by atoms with E-state index in [0.717, 1.165) is 25.9 Å². The Hall–Kier alpha value is -1.81. The number of aryl methyl sites for hydroxylation is 1. The molecule has 4 nitrogen and oxygen atoms in total. The van der Waals surface area contributed by atoms with Crippen LogP contribution in [0.5, 0.6) is 0 Å². The molecule has 0 saturated carbocycles. The topological polar surface area (TPSA) is 60.1 Å². The number of para-hydroxylation sites is 1. The smallest absolute Gasteiger partial charge is 0.220 e. The number of nitrogens with two attached hydrogens (primary N) is 1. The number of carbonyl (C=O) groups excluding carboxylic acids is 1. The number of nitrogens with zero attached hydrogens (tertiary/aromatic N) is 1. The van der Waals surface area contributed by atoms with Gasteiger partial charge in [0.25, 0.3) is 0 Å². The molecule has 0 bridgehead atoms. The molecule has 0 fully saturated rings. The third kappa shape index (κ3) is 4.60. The van der Waals surface area contributed by atoms with Gasteiger partial charge in [0.15, 0.2) is 0 Å². The Morgan fingerprint density at radius 1 is 1.33 bits per heavy atom. The predicted octanol–water partition coefficient (Wildman–Crippen LogP) is 2.52. The SMILES string of the molecule is CC(CN)CCC(=O)NCCCn1ccc2ccccc21. The molecule has 0 saturated heterocycles. The Balaban J connectivity index is 1.69. The summed E-state index contributed by atoms with van der Waals surface area (Å²) >= 11 is 0. The summed E-state index contributed by atoms with van der Waals surface area (Å²) in [6.45, 7) is 4.37. The molecule has 114 valence electrons. The summed E-state index contributed by atoms with van der Waals surface area (Å²) in [6.07, 6.45) is 4.49. The minimum atomic E-state index is 0.132. The molecule has 1 unspecified atom stereocenters. The van der Waals surface area contributed by atoms with Crippen molar-refractivity contribution in [3.05, 3.63) is 36.5 Å². The number of carbonyl (C=O) groups is 1. The highest BCUT2D eigenvalue weighted by Gasteiger charge is 2.05. The van der Waals surface area contributed by atoms with Crippen LogP contribution in [0.3, 0.4) is 0 Å². The Bertz CT molecular complexity index is 576. The van der Waals surface area contributed by atoms with Crippen molar-refractivity contribution in [3.8, 4) is 0 Å². The van der Waals surface area contributed by atoms with Crippen molar-refractivity contribution < 1.29 is 4.79 Å². The number of benzene rings is 1. The van der Waals surface area contributed by atoms with Gasteiger partial charge in [0.1, 0.15) is 0 Å². The monoisotopic (exact) mass is 287 g/mol. The second kappa shape index (κ2) is 7.84. The molecule has 1 aromatic carbocycles. The van der Waals surface area contributed by atoms with E-state index in [2.05, 4.69) is 53.3 Å². The van der Waals surface area contributed by atoms with E-state index < -0.39 is 0 Å². The van der Waals surface area contributed by atoms with Gasteiger partial charge in [0.2, 0.25) is 5.91 Å². The van der Waals surface area contributed by atoms with E-state index in [0.29, 0.717) is 18.9 Å². The number of hydrogen-bond donors (Lipinski definition) is 2. The highest BCUT2D eigenvalue weighted by atomic mass is 16.1. The van der Waals surface area contributed by atoms with Gasteiger partial charge in [-0.1, -0.05) is 25.1 Å². The summed E-state index contributed by atoms with van der Waals surface area (Å²) < 4.78 is 2.23. The van der Waals surface area contributed by atoms with Crippen LogP contribution in [0, 0.1) is 5.92 Å². The molecule has 1 aromatic heterocycles. The molecule has 0 aliphatic rings. The molecule has 0 radical (unpaired) electrons. The number of rotatable bonds is 8. The largest absolute Gasteiger partial charge is 0.356 e. The van der Waals surface area contributed by atoms with Gasteiger partial charge in [0, 0.05) is 31.2 Å². The number of fused-ring (bicyclic) bond motifs is 1. The molecular formula is C17H25N3O. The van der Waals surface area contributed by atoms with Crippen LogP contribution in [0.15, 0.2) is 36.5 Å². The van der Waals surface area contributed by atoms with Crippen LogP contribution in [0.1, 0.15) is 26.2 Å². The molecule has 0 aliphatic heterocycles. The van der Waals surface area contributed by atoms with Crippen LogP contribution >= 0.6 is 0 Å². The molecule has 1 atom stereocenters. The van der Waals surface area contributed by atoms with Gasteiger partial charge in [-0.25, -0.2) is 0 Å². The van der Waals surface area contributed by atoms with Crippen molar-refractivity contribution in [2.75, 3.05) is 13.1 Å². The highest BCUT2D eigenvalue weighted by molar-refractivity contribution is 5.79. The lowest BCUT2D eigenvalue weighted by atomic mass is 10.1. The van der Waals surface area contributed by atoms with E-state index in [1.807, 2.05) is 0 Å². The van der Waals surface area contributed by atoms with E-state index in [4.69, 9.17) is 5.73 Å². The molecule has 0 aliphatic carbocycles. The van der Waals surface area contributed by atoms with Gasteiger partial charge < -0.3 is 15.6 Å². The lowest BCUT2D eigenvalue weighted by Crippen LogP contribution is -2.26. The maximum absolute atomic E-state index is 11.7. The third-order valence-corrected chi connectivity index (χ3v) is 3.84. The van der Waals surface area contributed by atoms with Crippen LogP contribution < -0.4 is 11.1 Å². The summed E-state index contributed by atoms with van der Waals surface area (Å²) in [5.74, 6) is 0.551. The van der Waals surface area contributed by atoms with E-state index >= 15 is 0 Å². The van der Waals surface area contributed by atoms with Gasteiger partial charge in [0.05, 0.1) is 0 Å². The Labute approximate surface area is 126 Å². The maximum Gasteiger partial charge on any atom is 0.220 e.